The van der Waals surface area contributed by atoms with Crippen molar-refractivity contribution in [2.75, 3.05) is 79.2 Å². The predicted octanol–water partition coefficient (Wildman–Crippen LogP) is -0.170. The van der Waals surface area contributed by atoms with Crippen LogP contribution >= 0.6 is 0 Å². The normalized spacial score (nSPS) is 18.4. The molecule has 2 aliphatic rings. The number of hydrogen-bond donors (Lipinski definition) is 1. The topological polar surface area (TPSA) is 74.4 Å². The Morgan fingerprint density at radius 1 is 1.00 bits per heavy atom. The van der Waals surface area contributed by atoms with Crippen LogP contribution in [0.25, 0.3) is 0 Å². The zero-order valence-corrected chi connectivity index (χ0v) is 17.3. The quantitative estimate of drug-likeness (QED) is 0.649. The molecule has 1 aromatic rings. The average Bonchev–Trinajstić information content (AvgIpc) is 2.76. The van der Waals surface area contributed by atoms with Crippen LogP contribution in [0.1, 0.15) is 5.56 Å². The maximum absolute atomic E-state index is 12.3. The third kappa shape index (κ3) is 6.69. The molecule has 2 heterocycles. The van der Waals surface area contributed by atoms with Crippen LogP contribution in [0.15, 0.2) is 24.3 Å². The molecule has 2 fully saturated rings. The second kappa shape index (κ2) is 11.1. The van der Waals surface area contributed by atoms with E-state index in [4.69, 9.17) is 9.47 Å². The van der Waals surface area contributed by atoms with Crippen LogP contribution in [0.2, 0.25) is 0 Å². The smallest absolute Gasteiger partial charge is 0.236 e. The van der Waals surface area contributed by atoms with Gasteiger partial charge in [-0.2, -0.15) is 0 Å². The van der Waals surface area contributed by atoms with E-state index in [1.165, 1.54) is 0 Å². The van der Waals surface area contributed by atoms with E-state index in [0.29, 0.717) is 45.9 Å². The number of amides is 2. The third-order valence-corrected chi connectivity index (χ3v) is 5.46. The number of para-hydroxylation sites is 1. The molecular formula is C21H32N4O4. The minimum absolute atomic E-state index is 0.0396. The molecule has 0 unspecified atom stereocenters. The molecule has 0 saturated carbocycles. The van der Waals surface area contributed by atoms with E-state index in [2.05, 4.69) is 15.1 Å². The van der Waals surface area contributed by atoms with Crippen molar-refractivity contribution < 1.29 is 19.1 Å². The fourth-order valence-corrected chi connectivity index (χ4v) is 3.71. The van der Waals surface area contributed by atoms with Crippen molar-refractivity contribution in [3.05, 3.63) is 29.8 Å². The Morgan fingerprint density at radius 2 is 1.66 bits per heavy atom. The van der Waals surface area contributed by atoms with Crippen LogP contribution in [0.5, 0.6) is 5.75 Å². The second-order valence-corrected chi connectivity index (χ2v) is 7.46. The second-order valence-electron chi connectivity index (χ2n) is 7.46. The fourth-order valence-electron chi connectivity index (χ4n) is 3.71. The van der Waals surface area contributed by atoms with Gasteiger partial charge in [0, 0.05) is 45.8 Å². The highest BCUT2D eigenvalue weighted by Crippen LogP contribution is 2.17. The fraction of sp³-hybridized carbons (Fsp3) is 0.619. The zero-order valence-electron chi connectivity index (χ0n) is 17.3. The molecular weight excluding hydrogens is 372 g/mol. The van der Waals surface area contributed by atoms with Crippen molar-refractivity contribution in [1.82, 2.24) is 20.0 Å². The van der Waals surface area contributed by atoms with Gasteiger partial charge in [0.15, 0.2) is 0 Å². The number of hydrogen-bond acceptors (Lipinski definition) is 6. The van der Waals surface area contributed by atoms with E-state index in [-0.39, 0.29) is 11.8 Å². The van der Waals surface area contributed by atoms with Gasteiger partial charge >= 0.3 is 0 Å². The van der Waals surface area contributed by atoms with Gasteiger partial charge < -0.3 is 19.7 Å². The first kappa shape index (κ1) is 21.5. The van der Waals surface area contributed by atoms with Crippen molar-refractivity contribution in [3.8, 4) is 5.75 Å². The summed E-state index contributed by atoms with van der Waals surface area (Å²) in [7, 11) is 1.66. The minimum atomic E-state index is 0.0396. The van der Waals surface area contributed by atoms with Crippen LogP contribution in [0, 0.1) is 0 Å². The van der Waals surface area contributed by atoms with Crippen molar-refractivity contribution in [2.24, 2.45) is 0 Å². The monoisotopic (exact) mass is 404 g/mol. The van der Waals surface area contributed by atoms with Gasteiger partial charge in [-0.05, 0) is 18.1 Å². The molecule has 29 heavy (non-hydrogen) atoms. The molecule has 0 aromatic heterocycles. The molecule has 0 atom stereocenters. The van der Waals surface area contributed by atoms with E-state index in [1.807, 2.05) is 29.2 Å². The molecule has 8 nitrogen and oxygen atoms in total. The molecule has 0 spiro atoms. The number of piperazine rings is 1. The van der Waals surface area contributed by atoms with Gasteiger partial charge in [-0.15, -0.1) is 0 Å². The Morgan fingerprint density at radius 3 is 2.34 bits per heavy atom. The minimum Gasteiger partial charge on any atom is -0.496 e. The predicted molar refractivity (Wildman–Crippen MR) is 110 cm³/mol. The Kier molecular flexibility index (Phi) is 8.27. The lowest BCUT2D eigenvalue weighted by atomic mass is 10.1. The maximum Gasteiger partial charge on any atom is 0.236 e. The van der Waals surface area contributed by atoms with E-state index in [1.54, 1.807) is 7.11 Å². The summed E-state index contributed by atoms with van der Waals surface area (Å²) in [5.41, 5.74) is 1.09. The first-order chi connectivity index (χ1) is 14.2. The number of nitrogens with zero attached hydrogens (tertiary/aromatic N) is 3. The molecule has 0 bridgehead atoms. The average molecular weight is 405 g/mol. The maximum atomic E-state index is 12.3. The van der Waals surface area contributed by atoms with Gasteiger partial charge in [-0.25, -0.2) is 0 Å². The highest BCUT2D eigenvalue weighted by Gasteiger charge is 2.23. The van der Waals surface area contributed by atoms with E-state index < -0.39 is 0 Å². The number of morpholine rings is 1. The van der Waals surface area contributed by atoms with Gasteiger partial charge in [0.1, 0.15) is 5.75 Å². The SMILES string of the molecule is COc1ccccc1CCNC(=O)CN1CCN(CC(=O)N2CCOCC2)CC1. The number of methoxy groups -OCH3 is 1. The van der Waals surface area contributed by atoms with Crippen molar-refractivity contribution in [1.29, 1.82) is 0 Å². The first-order valence-electron chi connectivity index (χ1n) is 10.3. The highest BCUT2D eigenvalue weighted by molar-refractivity contribution is 5.78. The van der Waals surface area contributed by atoms with E-state index >= 15 is 0 Å². The van der Waals surface area contributed by atoms with Crippen molar-refractivity contribution in [2.45, 2.75) is 6.42 Å². The summed E-state index contributed by atoms with van der Waals surface area (Å²) >= 11 is 0. The van der Waals surface area contributed by atoms with Gasteiger partial charge in [-0.1, -0.05) is 18.2 Å². The summed E-state index contributed by atoms with van der Waals surface area (Å²) in [6.07, 6.45) is 0.743. The van der Waals surface area contributed by atoms with Gasteiger partial charge in [-0.3, -0.25) is 19.4 Å². The Balaban J connectivity index is 1.31. The van der Waals surface area contributed by atoms with E-state index in [0.717, 1.165) is 43.9 Å². The summed E-state index contributed by atoms with van der Waals surface area (Å²) in [6, 6.07) is 7.86. The van der Waals surface area contributed by atoms with Crippen LogP contribution in [-0.2, 0) is 20.7 Å². The number of carbonyl (C=O) groups is 2. The summed E-state index contributed by atoms with van der Waals surface area (Å²) in [6.45, 7) is 7.31. The molecule has 2 amide bonds. The standard InChI is InChI=1S/C21H32N4O4/c1-28-19-5-3-2-4-18(19)6-7-22-20(26)16-23-8-10-24(11-9-23)17-21(27)25-12-14-29-15-13-25/h2-5H,6-17H2,1H3,(H,22,26). The molecule has 1 N–H and O–H groups in total. The molecule has 160 valence electrons. The van der Waals surface area contributed by atoms with Crippen LogP contribution in [-0.4, -0.2) is 106 Å². The van der Waals surface area contributed by atoms with Crippen LogP contribution in [0.4, 0.5) is 0 Å². The highest BCUT2D eigenvalue weighted by atomic mass is 16.5. The summed E-state index contributed by atoms with van der Waals surface area (Å²) < 4.78 is 10.6. The molecule has 0 radical (unpaired) electrons. The molecule has 0 aliphatic carbocycles. The van der Waals surface area contributed by atoms with Crippen LogP contribution < -0.4 is 10.1 Å². The first-order valence-corrected chi connectivity index (χ1v) is 10.3. The number of ether oxygens (including phenoxy) is 2. The van der Waals surface area contributed by atoms with Crippen molar-refractivity contribution in [3.63, 3.8) is 0 Å². The lowest BCUT2D eigenvalue weighted by Crippen LogP contribution is -2.53. The molecule has 2 saturated heterocycles. The largest absolute Gasteiger partial charge is 0.496 e. The summed E-state index contributed by atoms with van der Waals surface area (Å²) in [5, 5.41) is 2.99. The lowest BCUT2D eigenvalue weighted by Gasteiger charge is -2.35. The zero-order chi connectivity index (χ0) is 20.5. The summed E-state index contributed by atoms with van der Waals surface area (Å²) in [4.78, 5) is 30.8. The third-order valence-electron chi connectivity index (χ3n) is 5.46. The van der Waals surface area contributed by atoms with E-state index in [9.17, 15) is 9.59 Å². The number of carbonyl (C=O) groups excluding carboxylic acids is 2. The van der Waals surface area contributed by atoms with Crippen molar-refractivity contribution >= 4 is 11.8 Å². The Bertz CT molecular complexity index is 670. The molecule has 3 rings (SSSR count). The molecule has 8 heteroatoms. The van der Waals surface area contributed by atoms with Gasteiger partial charge in [0.05, 0.1) is 33.4 Å². The lowest BCUT2D eigenvalue weighted by molar-refractivity contribution is -0.137. The molecule has 2 aliphatic heterocycles. The van der Waals surface area contributed by atoms with Gasteiger partial charge in [0.25, 0.3) is 0 Å². The summed E-state index contributed by atoms with van der Waals surface area (Å²) in [5.74, 6) is 1.07. The Hall–Kier alpha value is -2.16. The van der Waals surface area contributed by atoms with Crippen LogP contribution in [0.3, 0.4) is 0 Å². The number of benzene rings is 1. The number of rotatable bonds is 8. The molecule has 1 aromatic carbocycles. The van der Waals surface area contributed by atoms with Gasteiger partial charge in [0.2, 0.25) is 11.8 Å². The Labute approximate surface area is 172 Å². The number of nitrogens with one attached hydrogen (secondary N) is 1.